The van der Waals surface area contributed by atoms with Gasteiger partial charge in [0.25, 0.3) is 0 Å². The van der Waals surface area contributed by atoms with Crippen molar-refractivity contribution in [1.82, 2.24) is 0 Å². The molecule has 0 saturated heterocycles. The summed E-state index contributed by atoms with van der Waals surface area (Å²) in [5.41, 5.74) is 3.64. The molecule has 0 saturated carbocycles. The number of para-hydroxylation sites is 1. The monoisotopic (exact) mass is 283 g/mol. The number of fused-ring (bicyclic) bond motifs is 1. The summed E-state index contributed by atoms with van der Waals surface area (Å²) >= 11 is 0. The summed E-state index contributed by atoms with van der Waals surface area (Å²) in [7, 11) is 0. The zero-order chi connectivity index (χ0) is 15.1. The fourth-order valence-corrected chi connectivity index (χ4v) is 2.44. The standard InChI is InChI=1S/C10H13N.C8H8O2/c1-8-6-7-11-10-5-3-2-4-9(8)10;9-8(10)6-7-4-2-1-3-5-7/h2-5,8,11H,6-7H2,1H3;1-5H,6H2,(H,9,10). The van der Waals surface area contributed by atoms with Crippen LogP contribution in [0.3, 0.4) is 0 Å². The maximum atomic E-state index is 10.2. The summed E-state index contributed by atoms with van der Waals surface area (Å²) in [6, 6.07) is 17.7. The first-order chi connectivity index (χ1) is 10.2. The molecule has 3 heteroatoms. The molecule has 2 aromatic carbocycles. The molecule has 1 aliphatic rings. The zero-order valence-electron chi connectivity index (χ0n) is 12.3. The van der Waals surface area contributed by atoms with Gasteiger partial charge in [-0.15, -0.1) is 0 Å². The number of hydrogen-bond donors (Lipinski definition) is 2. The average Bonchev–Trinajstić information content (AvgIpc) is 2.49. The third-order valence-electron chi connectivity index (χ3n) is 3.58. The number of anilines is 1. The van der Waals surface area contributed by atoms with Crippen molar-refractivity contribution < 1.29 is 9.90 Å². The third kappa shape index (κ3) is 4.63. The van der Waals surface area contributed by atoms with Gasteiger partial charge in [-0.3, -0.25) is 4.79 Å². The van der Waals surface area contributed by atoms with Crippen molar-refractivity contribution in [1.29, 1.82) is 0 Å². The van der Waals surface area contributed by atoms with Crippen LogP contribution in [-0.2, 0) is 11.2 Å². The molecule has 0 aromatic heterocycles. The highest BCUT2D eigenvalue weighted by molar-refractivity contribution is 5.70. The van der Waals surface area contributed by atoms with Crippen molar-refractivity contribution in [2.75, 3.05) is 11.9 Å². The van der Waals surface area contributed by atoms with Gasteiger partial charge in [-0.2, -0.15) is 0 Å². The molecule has 21 heavy (non-hydrogen) atoms. The number of carbonyl (C=O) groups is 1. The van der Waals surface area contributed by atoms with Crippen LogP contribution in [0.5, 0.6) is 0 Å². The molecule has 2 N–H and O–H groups in total. The minimum atomic E-state index is -0.786. The number of nitrogens with one attached hydrogen (secondary N) is 1. The molecule has 0 bridgehead atoms. The first-order valence-electron chi connectivity index (χ1n) is 7.25. The van der Waals surface area contributed by atoms with Gasteiger partial charge in [-0.25, -0.2) is 0 Å². The van der Waals surface area contributed by atoms with Crippen LogP contribution in [0.15, 0.2) is 54.6 Å². The maximum Gasteiger partial charge on any atom is 0.307 e. The van der Waals surface area contributed by atoms with E-state index in [1.54, 1.807) is 12.1 Å². The van der Waals surface area contributed by atoms with Gasteiger partial charge in [0.1, 0.15) is 0 Å². The van der Waals surface area contributed by atoms with Crippen LogP contribution in [0.2, 0.25) is 0 Å². The number of carboxylic acid groups (broad SMARTS) is 1. The lowest BCUT2D eigenvalue weighted by molar-refractivity contribution is -0.136. The van der Waals surface area contributed by atoms with Crippen molar-refractivity contribution in [2.45, 2.75) is 25.7 Å². The summed E-state index contributed by atoms with van der Waals surface area (Å²) in [5.74, 6) is -0.0568. The van der Waals surface area contributed by atoms with E-state index in [1.165, 1.54) is 17.7 Å². The van der Waals surface area contributed by atoms with Crippen molar-refractivity contribution >= 4 is 11.7 Å². The lowest BCUT2D eigenvalue weighted by Gasteiger charge is -2.23. The van der Waals surface area contributed by atoms with E-state index in [1.807, 2.05) is 18.2 Å². The molecule has 3 rings (SSSR count). The predicted octanol–water partition coefficient (Wildman–Crippen LogP) is 3.92. The largest absolute Gasteiger partial charge is 0.481 e. The molecule has 1 unspecified atom stereocenters. The lowest BCUT2D eigenvalue weighted by atomic mass is 9.93. The van der Waals surface area contributed by atoms with E-state index in [0.29, 0.717) is 0 Å². The van der Waals surface area contributed by atoms with E-state index in [-0.39, 0.29) is 6.42 Å². The van der Waals surface area contributed by atoms with Crippen LogP contribution in [0.4, 0.5) is 5.69 Å². The second-order valence-electron chi connectivity index (χ2n) is 5.26. The molecule has 0 aliphatic carbocycles. The SMILES string of the molecule is CC1CCNc2ccccc21.O=C(O)Cc1ccccc1. The van der Waals surface area contributed by atoms with Crippen LogP contribution in [-0.4, -0.2) is 17.6 Å². The molecule has 3 nitrogen and oxygen atoms in total. The Hall–Kier alpha value is -2.29. The Morgan fingerprint density at radius 2 is 1.81 bits per heavy atom. The minimum absolute atomic E-state index is 0.112. The smallest absolute Gasteiger partial charge is 0.307 e. The molecule has 110 valence electrons. The van der Waals surface area contributed by atoms with E-state index >= 15 is 0 Å². The number of rotatable bonds is 2. The van der Waals surface area contributed by atoms with E-state index < -0.39 is 5.97 Å². The van der Waals surface area contributed by atoms with Crippen LogP contribution >= 0.6 is 0 Å². The van der Waals surface area contributed by atoms with Gasteiger partial charge in [0.05, 0.1) is 6.42 Å². The lowest BCUT2D eigenvalue weighted by Crippen LogP contribution is -2.14. The predicted molar refractivity (Wildman–Crippen MR) is 85.7 cm³/mol. The molecule has 0 spiro atoms. The fraction of sp³-hybridized carbons (Fsp3) is 0.278. The Kier molecular flexibility index (Phi) is 5.38. The quantitative estimate of drug-likeness (QED) is 0.878. The fourth-order valence-electron chi connectivity index (χ4n) is 2.44. The van der Waals surface area contributed by atoms with E-state index in [0.717, 1.165) is 18.0 Å². The summed E-state index contributed by atoms with van der Waals surface area (Å²) in [6.45, 7) is 3.41. The zero-order valence-corrected chi connectivity index (χ0v) is 12.3. The molecule has 0 radical (unpaired) electrons. The van der Waals surface area contributed by atoms with Gasteiger partial charge >= 0.3 is 5.97 Å². The van der Waals surface area contributed by atoms with Gasteiger partial charge in [0.2, 0.25) is 0 Å². The van der Waals surface area contributed by atoms with Gasteiger partial charge < -0.3 is 10.4 Å². The second kappa shape index (κ2) is 7.48. The van der Waals surface area contributed by atoms with Gasteiger partial charge in [-0.05, 0) is 29.5 Å². The molecule has 0 amide bonds. The van der Waals surface area contributed by atoms with Gasteiger partial charge in [0.15, 0.2) is 0 Å². The van der Waals surface area contributed by atoms with Crippen LogP contribution < -0.4 is 5.32 Å². The number of carboxylic acids is 1. The highest BCUT2D eigenvalue weighted by Gasteiger charge is 2.13. The summed E-state index contributed by atoms with van der Waals surface area (Å²) < 4.78 is 0. The molecule has 0 fully saturated rings. The highest BCUT2D eigenvalue weighted by atomic mass is 16.4. The second-order valence-corrected chi connectivity index (χ2v) is 5.26. The first-order valence-corrected chi connectivity index (χ1v) is 7.25. The number of hydrogen-bond acceptors (Lipinski definition) is 2. The Balaban J connectivity index is 0.000000155. The number of benzene rings is 2. The van der Waals surface area contributed by atoms with Crippen molar-refractivity contribution in [3.8, 4) is 0 Å². The van der Waals surface area contributed by atoms with Crippen molar-refractivity contribution in [3.63, 3.8) is 0 Å². The highest BCUT2D eigenvalue weighted by Crippen LogP contribution is 2.30. The Morgan fingerprint density at radius 3 is 2.48 bits per heavy atom. The minimum Gasteiger partial charge on any atom is -0.481 e. The normalized spacial score (nSPS) is 16.0. The van der Waals surface area contributed by atoms with Crippen LogP contribution in [0.25, 0.3) is 0 Å². The number of aliphatic carboxylic acids is 1. The molecule has 1 heterocycles. The Morgan fingerprint density at radius 1 is 1.14 bits per heavy atom. The van der Waals surface area contributed by atoms with Gasteiger partial charge in [-0.1, -0.05) is 55.5 Å². The van der Waals surface area contributed by atoms with Crippen LogP contribution in [0.1, 0.15) is 30.4 Å². The first kappa shape index (κ1) is 15.1. The summed E-state index contributed by atoms with van der Waals surface area (Å²) in [4.78, 5) is 10.2. The summed E-state index contributed by atoms with van der Waals surface area (Å²) in [5, 5.41) is 11.8. The van der Waals surface area contributed by atoms with Gasteiger partial charge in [0, 0.05) is 12.2 Å². The van der Waals surface area contributed by atoms with E-state index in [4.69, 9.17) is 5.11 Å². The topological polar surface area (TPSA) is 49.3 Å². The summed E-state index contributed by atoms with van der Waals surface area (Å²) in [6.07, 6.45) is 1.37. The van der Waals surface area contributed by atoms with Crippen molar-refractivity contribution in [3.05, 3.63) is 65.7 Å². The van der Waals surface area contributed by atoms with Crippen LogP contribution in [0, 0.1) is 0 Å². The Bertz CT molecular complexity index is 581. The molecule has 2 aromatic rings. The molecule has 1 aliphatic heterocycles. The maximum absolute atomic E-state index is 10.2. The van der Waals surface area contributed by atoms with E-state index in [2.05, 4.69) is 36.5 Å². The molecular formula is C18H21NO2. The van der Waals surface area contributed by atoms with Crippen molar-refractivity contribution in [2.24, 2.45) is 0 Å². The average molecular weight is 283 g/mol. The molecular weight excluding hydrogens is 262 g/mol. The Labute approximate surface area is 125 Å². The van der Waals surface area contributed by atoms with E-state index in [9.17, 15) is 4.79 Å². The molecule has 1 atom stereocenters. The third-order valence-corrected chi connectivity index (χ3v) is 3.58.